The summed E-state index contributed by atoms with van der Waals surface area (Å²) in [6.07, 6.45) is 7.99. The third-order valence-corrected chi connectivity index (χ3v) is 4.16. The number of rotatable bonds is 6. The molecule has 2 nitrogen and oxygen atoms in total. The van der Waals surface area contributed by atoms with Gasteiger partial charge in [-0.2, -0.15) is 0 Å². The lowest BCUT2D eigenvalue weighted by Gasteiger charge is -2.23. The Morgan fingerprint density at radius 3 is 2.50 bits per heavy atom. The minimum Gasteiger partial charge on any atom is -0.399 e. The average molecular weight is 246 g/mol. The van der Waals surface area contributed by atoms with Crippen LogP contribution < -0.4 is 11.1 Å². The maximum atomic E-state index is 5.68. The second kappa shape index (κ2) is 6.24. The zero-order valence-corrected chi connectivity index (χ0v) is 11.5. The van der Waals surface area contributed by atoms with Crippen molar-refractivity contribution >= 4 is 5.69 Å². The van der Waals surface area contributed by atoms with Gasteiger partial charge in [0.25, 0.3) is 0 Å². The van der Waals surface area contributed by atoms with E-state index in [1.54, 1.807) is 0 Å². The van der Waals surface area contributed by atoms with E-state index in [-0.39, 0.29) is 0 Å². The summed E-state index contributed by atoms with van der Waals surface area (Å²) < 4.78 is 0. The molecule has 0 atom stereocenters. The number of aryl methyl sites for hydroxylation is 1. The first-order valence-corrected chi connectivity index (χ1v) is 7.23. The van der Waals surface area contributed by atoms with Crippen LogP contribution in [0.2, 0.25) is 0 Å². The van der Waals surface area contributed by atoms with Gasteiger partial charge in [0.1, 0.15) is 0 Å². The summed E-state index contributed by atoms with van der Waals surface area (Å²) in [6, 6.07) is 8.24. The van der Waals surface area contributed by atoms with Crippen LogP contribution in [-0.2, 0) is 6.42 Å². The Labute approximate surface area is 111 Å². The highest BCUT2D eigenvalue weighted by atomic mass is 14.9. The van der Waals surface area contributed by atoms with Crippen LogP contribution in [0.25, 0.3) is 0 Å². The molecule has 0 unspecified atom stereocenters. The second-order valence-electron chi connectivity index (χ2n) is 6.04. The van der Waals surface area contributed by atoms with Crippen LogP contribution in [0.3, 0.4) is 0 Å². The topological polar surface area (TPSA) is 38.0 Å². The highest BCUT2D eigenvalue weighted by Crippen LogP contribution is 2.36. The fourth-order valence-electron chi connectivity index (χ4n) is 2.90. The Hall–Kier alpha value is -1.02. The van der Waals surface area contributed by atoms with Crippen molar-refractivity contribution in [2.45, 2.75) is 45.4 Å². The van der Waals surface area contributed by atoms with Crippen LogP contribution in [0, 0.1) is 5.41 Å². The van der Waals surface area contributed by atoms with E-state index in [0.717, 1.165) is 18.7 Å². The lowest BCUT2D eigenvalue weighted by molar-refractivity contribution is 0.315. The molecule has 3 N–H and O–H groups in total. The van der Waals surface area contributed by atoms with E-state index in [9.17, 15) is 0 Å². The van der Waals surface area contributed by atoms with Crippen molar-refractivity contribution in [1.82, 2.24) is 5.32 Å². The van der Waals surface area contributed by atoms with Crippen molar-refractivity contribution in [1.29, 1.82) is 0 Å². The largest absolute Gasteiger partial charge is 0.399 e. The Balaban J connectivity index is 1.60. The summed E-state index contributed by atoms with van der Waals surface area (Å²) in [5, 5.41) is 3.62. The third-order valence-electron chi connectivity index (χ3n) is 4.16. The molecule has 1 aliphatic carbocycles. The molecule has 1 fully saturated rings. The summed E-state index contributed by atoms with van der Waals surface area (Å²) in [6.45, 7) is 4.74. The van der Waals surface area contributed by atoms with Crippen LogP contribution in [0.15, 0.2) is 24.3 Å². The van der Waals surface area contributed by atoms with E-state index >= 15 is 0 Å². The number of hydrogen-bond acceptors (Lipinski definition) is 2. The van der Waals surface area contributed by atoms with Crippen molar-refractivity contribution in [3.8, 4) is 0 Å². The summed E-state index contributed by atoms with van der Waals surface area (Å²) >= 11 is 0. The van der Waals surface area contributed by atoms with E-state index in [2.05, 4.69) is 24.4 Å². The zero-order valence-electron chi connectivity index (χ0n) is 11.5. The van der Waals surface area contributed by atoms with E-state index in [1.807, 2.05) is 12.1 Å². The molecule has 0 saturated heterocycles. The van der Waals surface area contributed by atoms with E-state index < -0.39 is 0 Å². The third kappa shape index (κ3) is 4.02. The first-order chi connectivity index (χ1) is 8.68. The van der Waals surface area contributed by atoms with Gasteiger partial charge < -0.3 is 11.1 Å². The molecule has 0 amide bonds. The number of anilines is 1. The van der Waals surface area contributed by atoms with E-state index in [4.69, 9.17) is 5.73 Å². The van der Waals surface area contributed by atoms with Crippen LogP contribution in [-0.4, -0.2) is 13.1 Å². The molecule has 18 heavy (non-hydrogen) atoms. The molecule has 2 heteroatoms. The van der Waals surface area contributed by atoms with Crippen molar-refractivity contribution in [2.24, 2.45) is 5.41 Å². The minimum atomic E-state index is 0.571. The number of nitrogens with one attached hydrogen (secondary N) is 1. The van der Waals surface area contributed by atoms with Crippen LogP contribution in [0.4, 0.5) is 5.69 Å². The number of nitrogens with two attached hydrogens (primary N) is 1. The Kier molecular flexibility index (Phi) is 4.65. The molecule has 1 saturated carbocycles. The molecule has 0 bridgehead atoms. The lowest BCUT2D eigenvalue weighted by Crippen LogP contribution is -2.30. The van der Waals surface area contributed by atoms with Crippen molar-refractivity contribution in [3.05, 3.63) is 29.8 Å². The van der Waals surface area contributed by atoms with Gasteiger partial charge in [0.15, 0.2) is 0 Å². The quantitative estimate of drug-likeness (QED) is 0.596. The molecule has 0 aromatic heterocycles. The molecule has 2 rings (SSSR count). The number of hydrogen-bond donors (Lipinski definition) is 2. The predicted molar refractivity (Wildman–Crippen MR) is 78.6 cm³/mol. The van der Waals surface area contributed by atoms with Gasteiger partial charge in [-0.1, -0.05) is 31.9 Å². The Bertz CT molecular complexity index is 350. The molecule has 1 aromatic carbocycles. The van der Waals surface area contributed by atoms with Gasteiger partial charge >= 0.3 is 0 Å². The average Bonchev–Trinajstić information content (AvgIpc) is 2.78. The molecule has 0 spiro atoms. The molecule has 0 radical (unpaired) electrons. The highest BCUT2D eigenvalue weighted by molar-refractivity contribution is 5.39. The summed E-state index contributed by atoms with van der Waals surface area (Å²) in [4.78, 5) is 0. The van der Waals surface area contributed by atoms with Gasteiger partial charge in [-0.25, -0.2) is 0 Å². The number of benzene rings is 1. The lowest BCUT2D eigenvalue weighted by atomic mass is 9.89. The van der Waals surface area contributed by atoms with E-state index in [0.29, 0.717) is 5.41 Å². The standard InChI is InChI=1S/C16H26N2/c1-16(10-2-3-11-16)13-18-12-4-5-14-6-8-15(17)9-7-14/h6-9,18H,2-5,10-13,17H2,1H3. The Morgan fingerprint density at radius 1 is 1.17 bits per heavy atom. The molecular weight excluding hydrogens is 220 g/mol. The smallest absolute Gasteiger partial charge is 0.0314 e. The van der Waals surface area contributed by atoms with Crippen molar-refractivity contribution in [2.75, 3.05) is 18.8 Å². The number of nitrogen functional groups attached to an aromatic ring is 1. The van der Waals surface area contributed by atoms with Crippen molar-refractivity contribution in [3.63, 3.8) is 0 Å². The Morgan fingerprint density at radius 2 is 1.83 bits per heavy atom. The van der Waals surface area contributed by atoms with Gasteiger partial charge in [0, 0.05) is 12.2 Å². The first kappa shape index (κ1) is 13.4. The molecule has 0 heterocycles. The van der Waals surface area contributed by atoms with Crippen LogP contribution in [0.5, 0.6) is 0 Å². The van der Waals surface area contributed by atoms with Gasteiger partial charge in [-0.15, -0.1) is 0 Å². The maximum Gasteiger partial charge on any atom is 0.0314 e. The monoisotopic (exact) mass is 246 g/mol. The van der Waals surface area contributed by atoms with Gasteiger partial charge in [-0.3, -0.25) is 0 Å². The fourth-order valence-corrected chi connectivity index (χ4v) is 2.90. The minimum absolute atomic E-state index is 0.571. The molecule has 0 aliphatic heterocycles. The van der Waals surface area contributed by atoms with Crippen molar-refractivity contribution < 1.29 is 0 Å². The first-order valence-electron chi connectivity index (χ1n) is 7.23. The fraction of sp³-hybridized carbons (Fsp3) is 0.625. The SMILES string of the molecule is CC1(CNCCCc2ccc(N)cc2)CCCC1. The molecule has 1 aliphatic rings. The predicted octanol–water partition coefficient (Wildman–Crippen LogP) is 3.37. The summed E-state index contributed by atoms with van der Waals surface area (Å²) in [5.74, 6) is 0. The molecule has 1 aromatic rings. The van der Waals surface area contributed by atoms with Gasteiger partial charge in [0.05, 0.1) is 0 Å². The summed E-state index contributed by atoms with van der Waals surface area (Å²) in [5.41, 5.74) is 8.49. The van der Waals surface area contributed by atoms with Gasteiger partial charge in [-0.05, 0) is 55.3 Å². The summed E-state index contributed by atoms with van der Waals surface area (Å²) in [7, 11) is 0. The van der Waals surface area contributed by atoms with Gasteiger partial charge in [0.2, 0.25) is 0 Å². The second-order valence-corrected chi connectivity index (χ2v) is 6.04. The van der Waals surface area contributed by atoms with Crippen LogP contribution in [0.1, 0.15) is 44.6 Å². The zero-order chi connectivity index (χ0) is 12.8. The molecule has 100 valence electrons. The van der Waals surface area contributed by atoms with E-state index in [1.165, 1.54) is 44.2 Å². The highest BCUT2D eigenvalue weighted by Gasteiger charge is 2.27. The van der Waals surface area contributed by atoms with Crippen LogP contribution >= 0.6 is 0 Å². The maximum absolute atomic E-state index is 5.68. The normalized spacial score (nSPS) is 18.1. The molecular formula is C16H26N2.